The van der Waals surface area contributed by atoms with E-state index in [0.717, 1.165) is 12.8 Å². The van der Waals surface area contributed by atoms with Gasteiger partial charge in [0.2, 0.25) is 0 Å². The van der Waals surface area contributed by atoms with Gasteiger partial charge in [-0.3, -0.25) is 4.99 Å². The van der Waals surface area contributed by atoms with Crippen molar-refractivity contribution in [3.05, 3.63) is 23.9 Å². The van der Waals surface area contributed by atoms with Gasteiger partial charge in [0.05, 0.1) is 0 Å². The van der Waals surface area contributed by atoms with Crippen LogP contribution >= 0.6 is 0 Å². The number of hydrogen-bond acceptors (Lipinski definition) is 1. The minimum Gasteiger partial charge on any atom is -0.272 e. The van der Waals surface area contributed by atoms with E-state index in [0.29, 0.717) is 0 Å². The van der Waals surface area contributed by atoms with E-state index in [1.807, 2.05) is 0 Å². The fraction of sp³-hybridized carbons (Fsp3) is 0.444. The Kier molecular flexibility index (Phi) is 5.74. The molecule has 0 amide bonds. The van der Waals surface area contributed by atoms with Crippen LogP contribution in [0.15, 0.2) is 28.9 Å². The lowest BCUT2D eigenvalue weighted by Crippen LogP contribution is -1.71. The van der Waals surface area contributed by atoms with E-state index < -0.39 is 0 Å². The summed E-state index contributed by atoms with van der Waals surface area (Å²) in [6, 6.07) is 0. The summed E-state index contributed by atoms with van der Waals surface area (Å²) in [4.78, 5) is 3.70. The van der Waals surface area contributed by atoms with Crippen LogP contribution in [0.5, 0.6) is 0 Å². The summed E-state index contributed by atoms with van der Waals surface area (Å²) < 4.78 is 0. The van der Waals surface area contributed by atoms with Crippen LogP contribution in [0.1, 0.15) is 26.7 Å². The molecule has 0 aliphatic carbocycles. The van der Waals surface area contributed by atoms with Gasteiger partial charge in [-0.05, 0) is 25.1 Å². The van der Waals surface area contributed by atoms with Crippen molar-refractivity contribution in [2.75, 3.05) is 0 Å². The highest BCUT2D eigenvalue weighted by molar-refractivity contribution is 5.28. The topological polar surface area (TPSA) is 12.4 Å². The van der Waals surface area contributed by atoms with Crippen LogP contribution in [0.3, 0.4) is 0 Å². The van der Waals surface area contributed by atoms with Gasteiger partial charge in [0.15, 0.2) is 0 Å². The van der Waals surface area contributed by atoms with Crippen molar-refractivity contribution in [2.24, 2.45) is 4.99 Å². The zero-order valence-corrected chi connectivity index (χ0v) is 6.80. The fourth-order valence-corrected chi connectivity index (χ4v) is 0.639. The van der Waals surface area contributed by atoms with Gasteiger partial charge in [0, 0.05) is 6.20 Å². The van der Waals surface area contributed by atoms with E-state index in [-0.39, 0.29) is 0 Å². The molecule has 0 aromatic heterocycles. The first-order valence-corrected chi connectivity index (χ1v) is 3.66. The minimum absolute atomic E-state index is 1.02. The smallest absolute Gasteiger partial charge is 0.0292 e. The molecular formula is C9H15N. The van der Waals surface area contributed by atoms with Crippen LogP contribution in [0, 0.1) is 0 Å². The predicted octanol–water partition coefficient (Wildman–Crippen LogP) is 2.95. The molecule has 1 nitrogen and oxygen atoms in total. The van der Waals surface area contributed by atoms with Crippen molar-refractivity contribution in [1.29, 1.82) is 0 Å². The van der Waals surface area contributed by atoms with Crippen LogP contribution in [0.2, 0.25) is 0 Å². The normalized spacial score (nSPS) is 12.4. The number of nitrogens with zero attached hydrogens (tertiary/aromatic N) is 1. The van der Waals surface area contributed by atoms with Gasteiger partial charge in [0.1, 0.15) is 0 Å². The average molecular weight is 137 g/mol. The lowest BCUT2D eigenvalue weighted by atomic mass is 10.2. The molecule has 0 N–H and O–H groups in total. The van der Waals surface area contributed by atoms with Crippen LogP contribution in [0.4, 0.5) is 0 Å². The van der Waals surface area contributed by atoms with Gasteiger partial charge in [-0.1, -0.05) is 26.0 Å². The van der Waals surface area contributed by atoms with Gasteiger partial charge < -0.3 is 0 Å². The molecule has 0 aliphatic rings. The molecule has 10 heavy (non-hydrogen) atoms. The highest BCUT2D eigenvalue weighted by Gasteiger charge is 1.83. The van der Waals surface area contributed by atoms with E-state index in [1.54, 1.807) is 6.20 Å². The second-order valence-corrected chi connectivity index (χ2v) is 2.05. The Bertz CT molecular complexity index is 143. The highest BCUT2D eigenvalue weighted by atomic mass is 14.6. The molecule has 0 fully saturated rings. The van der Waals surface area contributed by atoms with Gasteiger partial charge in [-0.15, -0.1) is 0 Å². The summed E-state index contributed by atoms with van der Waals surface area (Å²) in [5.74, 6) is 0. The van der Waals surface area contributed by atoms with Crippen LogP contribution in [0.25, 0.3) is 0 Å². The Morgan fingerprint density at radius 2 is 2.20 bits per heavy atom. The molecule has 56 valence electrons. The van der Waals surface area contributed by atoms with Crippen molar-refractivity contribution >= 4 is 6.72 Å². The third-order valence-electron chi connectivity index (χ3n) is 1.23. The Hall–Kier alpha value is -0.850. The molecule has 0 bridgehead atoms. The van der Waals surface area contributed by atoms with Crippen molar-refractivity contribution in [1.82, 2.24) is 0 Å². The monoisotopic (exact) mass is 137 g/mol. The molecule has 0 aromatic carbocycles. The first-order valence-electron chi connectivity index (χ1n) is 3.66. The minimum atomic E-state index is 1.02. The summed E-state index contributed by atoms with van der Waals surface area (Å²) in [5, 5.41) is 0. The number of rotatable bonds is 4. The zero-order chi connectivity index (χ0) is 7.82. The molecule has 0 aliphatic heterocycles. The molecular weight excluding hydrogens is 122 g/mol. The Morgan fingerprint density at radius 3 is 2.60 bits per heavy atom. The van der Waals surface area contributed by atoms with E-state index in [4.69, 9.17) is 0 Å². The average Bonchev–Trinajstić information content (AvgIpc) is 1.98. The molecule has 0 rings (SSSR count). The van der Waals surface area contributed by atoms with E-state index >= 15 is 0 Å². The molecule has 0 saturated carbocycles. The molecule has 0 radical (unpaired) electrons. The molecule has 0 spiro atoms. The van der Waals surface area contributed by atoms with E-state index in [1.165, 1.54) is 5.57 Å². The van der Waals surface area contributed by atoms with Gasteiger partial charge >= 0.3 is 0 Å². The maximum atomic E-state index is 3.70. The van der Waals surface area contributed by atoms with Crippen molar-refractivity contribution in [3.8, 4) is 0 Å². The first kappa shape index (κ1) is 9.15. The number of aliphatic imine (C=N–C) groups is 1. The van der Waals surface area contributed by atoms with Crippen molar-refractivity contribution in [3.63, 3.8) is 0 Å². The van der Waals surface area contributed by atoms with Crippen LogP contribution in [-0.2, 0) is 0 Å². The Labute approximate surface area is 63.2 Å². The first-order chi connectivity index (χ1) is 4.85. The quantitative estimate of drug-likeness (QED) is 0.417. The summed E-state index contributed by atoms with van der Waals surface area (Å²) in [6.45, 7) is 7.62. The molecule has 0 unspecified atom stereocenters. The highest BCUT2D eigenvalue weighted by Crippen LogP contribution is 2.02. The summed E-state index contributed by atoms with van der Waals surface area (Å²) in [7, 11) is 0. The predicted molar refractivity (Wildman–Crippen MR) is 47.4 cm³/mol. The van der Waals surface area contributed by atoms with Gasteiger partial charge in [-0.2, -0.15) is 0 Å². The molecule has 0 saturated heterocycles. The van der Waals surface area contributed by atoms with Crippen LogP contribution in [-0.4, -0.2) is 6.72 Å². The number of allylic oxidation sites excluding steroid dienone is 3. The third-order valence-corrected chi connectivity index (χ3v) is 1.23. The fourth-order valence-electron chi connectivity index (χ4n) is 0.639. The molecule has 0 atom stereocenters. The standard InChI is InChI=1S/C9H15N/c1-4-6-7-9(5-2)8-10-3/h6-8H,3-5H2,1-2H3/b7-6-,9-8+. The lowest BCUT2D eigenvalue weighted by Gasteiger charge is -1.91. The Morgan fingerprint density at radius 1 is 1.50 bits per heavy atom. The summed E-state index contributed by atoms with van der Waals surface area (Å²) >= 11 is 0. The van der Waals surface area contributed by atoms with Crippen molar-refractivity contribution < 1.29 is 0 Å². The molecule has 1 heteroatoms. The zero-order valence-electron chi connectivity index (χ0n) is 6.80. The second-order valence-electron chi connectivity index (χ2n) is 2.05. The second kappa shape index (κ2) is 6.27. The Balaban J connectivity index is 3.94. The van der Waals surface area contributed by atoms with Crippen molar-refractivity contribution in [2.45, 2.75) is 26.7 Å². The van der Waals surface area contributed by atoms with E-state index in [9.17, 15) is 0 Å². The third kappa shape index (κ3) is 4.07. The van der Waals surface area contributed by atoms with Gasteiger partial charge in [0.25, 0.3) is 0 Å². The van der Waals surface area contributed by atoms with Gasteiger partial charge in [-0.25, -0.2) is 0 Å². The molecule has 0 heterocycles. The SMILES string of the molecule is C=N/C=C(/C=C\CC)CC. The molecule has 0 aromatic rings. The largest absolute Gasteiger partial charge is 0.272 e. The summed E-state index contributed by atoms with van der Waals surface area (Å²) in [5.41, 5.74) is 1.23. The maximum Gasteiger partial charge on any atom is 0.0292 e. The van der Waals surface area contributed by atoms with E-state index in [2.05, 4.69) is 37.7 Å². The van der Waals surface area contributed by atoms with Crippen LogP contribution < -0.4 is 0 Å². The lowest BCUT2D eigenvalue weighted by molar-refractivity contribution is 1.12. The summed E-state index contributed by atoms with van der Waals surface area (Å²) in [6.07, 6.45) is 8.12. The maximum absolute atomic E-state index is 3.70. The number of hydrogen-bond donors (Lipinski definition) is 0.